The molecule has 0 atom stereocenters. The van der Waals surface area contributed by atoms with Crippen molar-refractivity contribution < 1.29 is 0 Å². The highest BCUT2D eigenvalue weighted by atomic mass is 32.2. The van der Waals surface area contributed by atoms with Gasteiger partial charge in [0, 0.05) is 22.8 Å². The molecule has 1 heterocycles. The third kappa shape index (κ3) is 2.98. The number of thioether (sulfide) groups is 1. The molecule has 0 spiro atoms. The minimum atomic E-state index is 0.256. The van der Waals surface area contributed by atoms with Crippen molar-refractivity contribution in [2.75, 3.05) is 18.1 Å². The molecule has 1 N–H and O–H groups in total. The highest BCUT2D eigenvalue weighted by Crippen LogP contribution is 2.21. The molecule has 0 aliphatic carbocycles. The lowest BCUT2D eigenvalue weighted by Crippen LogP contribution is -2.25. The molecular formula is C7H13N3S2. The summed E-state index contributed by atoms with van der Waals surface area (Å²) in [5.41, 5.74) is 0. The van der Waals surface area contributed by atoms with Gasteiger partial charge in [0.05, 0.1) is 0 Å². The van der Waals surface area contributed by atoms with E-state index >= 15 is 0 Å². The lowest BCUT2D eigenvalue weighted by Gasteiger charge is -2.21. The van der Waals surface area contributed by atoms with E-state index in [-0.39, 0.29) is 4.75 Å². The Morgan fingerprint density at radius 3 is 2.92 bits per heavy atom. The van der Waals surface area contributed by atoms with Crippen molar-refractivity contribution in [2.24, 2.45) is 0 Å². The molecule has 0 saturated carbocycles. The maximum absolute atomic E-state index is 4.04. The van der Waals surface area contributed by atoms with Gasteiger partial charge < -0.3 is 5.32 Å². The van der Waals surface area contributed by atoms with Crippen molar-refractivity contribution in [2.45, 2.75) is 18.6 Å². The molecule has 3 nitrogen and oxygen atoms in total. The van der Waals surface area contributed by atoms with Crippen molar-refractivity contribution in [3.8, 4) is 0 Å². The van der Waals surface area contributed by atoms with Crippen LogP contribution < -0.4 is 5.32 Å². The molecule has 0 aliphatic heterocycles. The molecular weight excluding hydrogens is 190 g/mol. The van der Waals surface area contributed by atoms with Gasteiger partial charge in [-0.1, -0.05) is 0 Å². The molecule has 0 radical (unpaired) electrons. The number of hydrogen-bond acceptors (Lipinski definition) is 5. The van der Waals surface area contributed by atoms with E-state index < -0.39 is 0 Å². The maximum Gasteiger partial charge on any atom is 0.202 e. The molecule has 0 unspecified atom stereocenters. The van der Waals surface area contributed by atoms with Crippen LogP contribution in [0.1, 0.15) is 13.8 Å². The Labute approximate surface area is 81.1 Å². The Hall–Kier alpha value is -0.290. The summed E-state index contributed by atoms with van der Waals surface area (Å²) in [4.78, 5) is 4.04. The lowest BCUT2D eigenvalue weighted by atomic mass is 10.2. The van der Waals surface area contributed by atoms with Gasteiger partial charge in [0.25, 0.3) is 0 Å². The van der Waals surface area contributed by atoms with Gasteiger partial charge in [0.1, 0.15) is 6.33 Å². The molecule has 0 aliphatic rings. The van der Waals surface area contributed by atoms with Crippen LogP contribution >= 0.6 is 23.3 Å². The molecule has 1 rings (SSSR count). The first-order valence-electron chi connectivity index (χ1n) is 3.70. The van der Waals surface area contributed by atoms with Crippen LogP contribution in [-0.2, 0) is 0 Å². The van der Waals surface area contributed by atoms with Gasteiger partial charge in [-0.2, -0.15) is 16.1 Å². The van der Waals surface area contributed by atoms with E-state index in [4.69, 9.17) is 0 Å². The van der Waals surface area contributed by atoms with Gasteiger partial charge in [0.15, 0.2) is 0 Å². The Balaban J connectivity index is 2.36. The van der Waals surface area contributed by atoms with Gasteiger partial charge in [-0.25, -0.2) is 4.98 Å². The molecule has 1 aromatic rings. The minimum absolute atomic E-state index is 0.256. The quantitative estimate of drug-likeness (QED) is 0.813. The second-order valence-electron chi connectivity index (χ2n) is 3.06. The van der Waals surface area contributed by atoms with E-state index in [0.717, 1.165) is 11.7 Å². The topological polar surface area (TPSA) is 37.8 Å². The second-order valence-corrected chi connectivity index (χ2v) is 5.36. The Morgan fingerprint density at radius 1 is 1.67 bits per heavy atom. The summed E-state index contributed by atoms with van der Waals surface area (Å²) >= 11 is 3.24. The Bertz CT molecular complexity index is 221. The zero-order valence-electron chi connectivity index (χ0n) is 7.50. The minimum Gasteiger partial charge on any atom is -0.359 e. The SMILES string of the molecule is CSC(C)(C)CNc1ncns1. The van der Waals surface area contributed by atoms with Crippen molar-refractivity contribution in [1.29, 1.82) is 0 Å². The Kier molecular flexibility index (Phi) is 3.34. The second kappa shape index (κ2) is 4.09. The number of rotatable bonds is 4. The van der Waals surface area contributed by atoms with Gasteiger partial charge >= 0.3 is 0 Å². The fraction of sp³-hybridized carbons (Fsp3) is 0.714. The van der Waals surface area contributed by atoms with E-state index in [1.807, 2.05) is 11.8 Å². The van der Waals surface area contributed by atoms with Crippen LogP contribution in [0.15, 0.2) is 6.33 Å². The van der Waals surface area contributed by atoms with E-state index in [0.29, 0.717) is 0 Å². The molecule has 0 fully saturated rings. The average Bonchev–Trinajstić information content (AvgIpc) is 2.53. The van der Waals surface area contributed by atoms with Crippen LogP contribution in [0.2, 0.25) is 0 Å². The normalized spacial score (nSPS) is 11.6. The number of anilines is 1. The van der Waals surface area contributed by atoms with E-state index in [1.54, 1.807) is 6.33 Å². The van der Waals surface area contributed by atoms with Crippen LogP contribution in [0.25, 0.3) is 0 Å². The van der Waals surface area contributed by atoms with Crippen LogP contribution in [0.4, 0.5) is 5.13 Å². The summed E-state index contributed by atoms with van der Waals surface area (Å²) in [5, 5.41) is 4.14. The van der Waals surface area contributed by atoms with Gasteiger partial charge in [0.2, 0.25) is 5.13 Å². The predicted octanol–water partition coefficient (Wildman–Crippen LogP) is 2.09. The van der Waals surface area contributed by atoms with Crippen molar-refractivity contribution in [1.82, 2.24) is 9.36 Å². The number of nitrogens with one attached hydrogen (secondary N) is 1. The average molecular weight is 203 g/mol. The number of aromatic nitrogens is 2. The fourth-order valence-electron chi connectivity index (χ4n) is 0.612. The first-order chi connectivity index (χ1) is 5.64. The smallest absolute Gasteiger partial charge is 0.202 e. The van der Waals surface area contributed by atoms with Crippen molar-refractivity contribution >= 4 is 28.4 Å². The largest absolute Gasteiger partial charge is 0.359 e. The van der Waals surface area contributed by atoms with E-state index in [2.05, 4.69) is 34.8 Å². The van der Waals surface area contributed by atoms with Crippen LogP contribution in [0.5, 0.6) is 0 Å². The zero-order valence-corrected chi connectivity index (χ0v) is 9.13. The van der Waals surface area contributed by atoms with Crippen LogP contribution in [0.3, 0.4) is 0 Å². The Morgan fingerprint density at radius 2 is 2.42 bits per heavy atom. The lowest BCUT2D eigenvalue weighted by molar-refractivity contribution is 0.752. The van der Waals surface area contributed by atoms with E-state index in [9.17, 15) is 0 Å². The summed E-state index contributed by atoms with van der Waals surface area (Å²) < 4.78 is 4.17. The molecule has 1 aromatic heterocycles. The van der Waals surface area contributed by atoms with Crippen molar-refractivity contribution in [3.05, 3.63) is 6.33 Å². The summed E-state index contributed by atoms with van der Waals surface area (Å²) in [6.45, 7) is 5.32. The highest BCUT2D eigenvalue weighted by molar-refractivity contribution is 7.99. The molecule has 12 heavy (non-hydrogen) atoms. The first kappa shape index (κ1) is 9.80. The van der Waals surface area contributed by atoms with Crippen LogP contribution in [-0.4, -0.2) is 26.9 Å². The maximum atomic E-state index is 4.04. The summed E-state index contributed by atoms with van der Waals surface area (Å²) in [6, 6.07) is 0. The van der Waals surface area contributed by atoms with Crippen molar-refractivity contribution in [3.63, 3.8) is 0 Å². The molecule has 0 amide bonds. The fourth-order valence-corrected chi connectivity index (χ4v) is 1.25. The zero-order chi connectivity index (χ0) is 9.03. The van der Waals surface area contributed by atoms with Gasteiger partial charge in [-0.3, -0.25) is 0 Å². The summed E-state index contributed by atoms with van der Waals surface area (Å²) in [7, 11) is 0. The third-order valence-electron chi connectivity index (χ3n) is 1.58. The third-order valence-corrected chi connectivity index (χ3v) is 3.45. The summed E-state index contributed by atoms with van der Waals surface area (Å²) in [5.74, 6) is 0. The monoisotopic (exact) mass is 203 g/mol. The first-order valence-corrected chi connectivity index (χ1v) is 5.69. The van der Waals surface area contributed by atoms with Crippen LogP contribution in [0, 0.1) is 0 Å². The summed E-state index contributed by atoms with van der Waals surface area (Å²) in [6.07, 6.45) is 3.68. The number of hydrogen-bond donors (Lipinski definition) is 1. The number of nitrogens with zero attached hydrogens (tertiary/aromatic N) is 2. The molecule has 5 heteroatoms. The van der Waals surface area contributed by atoms with Gasteiger partial charge in [-0.05, 0) is 20.1 Å². The molecule has 68 valence electrons. The molecule has 0 bridgehead atoms. The standard InChI is InChI=1S/C7H13N3S2/c1-7(2,11-3)4-8-6-9-5-10-12-6/h5H,4H2,1-3H3,(H,8,9,10). The molecule has 0 saturated heterocycles. The predicted molar refractivity (Wildman–Crippen MR) is 56.0 cm³/mol. The highest BCUT2D eigenvalue weighted by Gasteiger charge is 2.15. The van der Waals surface area contributed by atoms with Gasteiger partial charge in [-0.15, -0.1) is 0 Å². The van der Waals surface area contributed by atoms with E-state index in [1.165, 1.54) is 11.5 Å². The molecule has 0 aromatic carbocycles.